The number of amides is 1. The van der Waals surface area contributed by atoms with Crippen molar-refractivity contribution in [1.29, 1.82) is 0 Å². The number of hydrogen-bond donors (Lipinski definition) is 2. The number of methoxy groups -OCH3 is 1. The normalized spacial score (nSPS) is 10.3. The minimum atomic E-state index is 0.00968. The SMILES string of the molecule is COc1cccc(NCCC(=O)Nc2c(C)cc(C)cc2C)c1. The summed E-state index contributed by atoms with van der Waals surface area (Å²) in [5, 5.41) is 6.24. The molecular formula is C19H24N2O2. The van der Waals surface area contributed by atoms with Crippen molar-refractivity contribution in [2.24, 2.45) is 0 Å². The highest BCUT2D eigenvalue weighted by molar-refractivity contribution is 5.92. The molecule has 122 valence electrons. The molecule has 0 saturated carbocycles. The Labute approximate surface area is 137 Å². The van der Waals surface area contributed by atoms with E-state index in [-0.39, 0.29) is 5.91 Å². The van der Waals surface area contributed by atoms with Crippen molar-refractivity contribution in [3.8, 4) is 5.75 Å². The third-order valence-electron chi connectivity index (χ3n) is 3.69. The lowest BCUT2D eigenvalue weighted by Gasteiger charge is -2.13. The van der Waals surface area contributed by atoms with Gasteiger partial charge in [0.25, 0.3) is 0 Å². The monoisotopic (exact) mass is 312 g/mol. The second-order valence-corrected chi connectivity index (χ2v) is 5.73. The van der Waals surface area contributed by atoms with Gasteiger partial charge in [0.2, 0.25) is 5.91 Å². The molecule has 2 aromatic carbocycles. The second-order valence-electron chi connectivity index (χ2n) is 5.73. The number of rotatable bonds is 6. The molecule has 0 unspecified atom stereocenters. The van der Waals surface area contributed by atoms with Gasteiger partial charge >= 0.3 is 0 Å². The third-order valence-corrected chi connectivity index (χ3v) is 3.69. The zero-order valence-electron chi connectivity index (χ0n) is 14.2. The average molecular weight is 312 g/mol. The van der Waals surface area contributed by atoms with Crippen molar-refractivity contribution in [3.05, 3.63) is 53.1 Å². The van der Waals surface area contributed by atoms with Crippen LogP contribution in [0.1, 0.15) is 23.1 Å². The van der Waals surface area contributed by atoms with E-state index in [0.29, 0.717) is 13.0 Å². The lowest BCUT2D eigenvalue weighted by Crippen LogP contribution is -2.17. The number of hydrogen-bond acceptors (Lipinski definition) is 3. The predicted molar refractivity (Wildman–Crippen MR) is 95.4 cm³/mol. The number of ether oxygens (including phenoxy) is 1. The molecule has 0 atom stereocenters. The maximum Gasteiger partial charge on any atom is 0.226 e. The standard InChI is InChI=1S/C19H24N2O2/c1-13-10-14(2)19(15(3)11-13)21-18(22)8-9-20-16-6-5-7-17(12-16)23-4/h5-7,10-12,20H,8-9H2,1-4H3,(H,21,22). The van der Waals surface area contributed by atoms with Crippen LogP contribution in [0.3, 0.4) is 0 Å². The van der Waals surface area contributed by atoms with Gasteiger partial charge in [-0.3, -0.25) is 4.79 Å². The Hall–Kier alpha value is -2.49. The number of benzene rings is 2. The maximum absolute atomic E-state index is 12.1. The fourth-order valence-corrected chi connectivity index (χ4v) is 2.63. The van der Waals surface area contributed by atoms with E-state index in [9.17, 15) is 4.79 Å². The maximum atomic E-state index is 12.1. The Morgan fingerprint density at radius 3 is 2.43 bits per heavy atom. The van der Waals surface area contributed by atoms with E-state index in [4.69, 9.17) is 4.74 Å². The fraction of sp³-hybridized carbons (Fsp3) is 0.316. The Morgan fingerprint density at radius 2 is 1.78 bits per heavy atom. The van der Waals surface area contributed by atoms with Crippen LogP contribution in [0.15, 0.2) is 36.4 Å². The van der Waals surface area contributed by atoms with Gasteiger partial charge in [0.1, 0.15) is 5.75 Å². The van der Waals surface area contributed by atoms with Gasteiger partial charge in [0.15, 0.2) is 0 Å². The number of carbonyl (C=O) groups excluding carboxylic acids is 1. The molecule has 23 heavy (non-hydrogen) atoms. The molecule has 0 bridgehead atoms. The van der Waals surface area contributed by atoms with Crippen LogP contribution in [0.4, 0.5) is 11.4 Å². The molecule has 4 heteroatoms. The molecule has 0 radical (unpaired) electrons. The minimum Gasteiger partial charge on any atom is -0.497 e. The number of nitrogens with one attached hydrogen (secondary N) is 2. The summed E-state index contributed by atoms with van der Waals surface area (Å²) in [6, 6.07) is 11.8. The van der Waals surface area contributed by atoms with Gasteiger partial charge in [0.05, 0.1) is 7.11 Å². The van der Waals surface area contributed by atoms with Crippen LogP contribution in [-0.2, 0) is 4.79 Å². The van der Waals surface area contributed by atoms with Crippen LogP contribution >= 0.6 is 0 Å². The molecule has 0 aliphatic carbocycles. The van der Waals surface area contributed by atoms with Crippen molar-refractivity contribution < 1.29 is 9.53 Å². The lowest BCUT2D eigenvalue weighted by molar-refractivity contribution is -0.115. The molecule has 1 amide bonds. The van der Waals surface area contributed by atoms with E-state index < -0.39 is 0 Å². The number of aryl methyl sites for hydroxylation is 3. The first-order chi connectivity index (χ1) is 11.0. The molecule has 2 N–H and O–H groups in total. The van der Waals surface area contributed by atoms with Crippen LogP contribution in [0.25, 0.3) is 0 Å². The van der Waals surface area contributed by atoms with Gasteiger partial charge in [0, 0.05) is 30.4 Å². The Bertz CT molecular complexity index is 673. The molecule has 4 nitrogen and oxygen atoms in total. The van der Waals surface area contributed by atoms with Crippen molar-refractivity contribution >= 4 is 17.3 Å². The summed E-state index contributed by atoms with van der Waals surface area (Å²) < 4.78 is 5.18. The quantitative estimate of drug-likeness (QED) is 0.845. The molecule has 0 saturated heterocycles. The van der Waals surface area contributed by atoms with Gasteiger partial charge in [-0.1, -0.05) is 23.8 Å². The van der Waals surface area contributed by atoms with Crippen molar-refractivity contribution in [3.63, 3.8) is 0 Å². The summed E-state index contributed by atoms with van der Waals surface area (Å²) in [6.07, 6.45) is 0.407. The smallest absolute Gasteiger partial charge is 0.226 e. The molecule has 0 aromatic heterocycles. The van der Waals surface area contributed by atoms with Crippen LogP contribution < -0.4 is 15.4 Å². The van der Waals surface area contributed by atoms with Crippen molar-refractivity contribution in [2.75, 3.05) is 24.3 Å². The topological polar surface area (TPSA) is 50.4 Å². The second kappa shape index (κ2) is 7.68. The summed E-state index contributed by atoms with van der Waals surface area (Å²) in [7, 11) is 1.64. The fourth-order valence-electron chi connectivity index (χ4n) is 2.63. The summed E-state index contributed by atoms with van der Waals surface area (Å²) in [4.78, 5) is 12.1. The molecule has 2 rings (SSSR count). The van der Waals surface area contributed by atoms with Gasteiger partial charge in [-0.2, -0.15) is 0 Å². The van der Waals surface area contributed by atoms with Crippen molar-refractivity contribution in [2.45, 2.75) is 27.2 Å². The Kier molecular flexibility index (Phi) is 5.63. The number of anilines is 2. The highest BCUT2D eigenvalue weighted by Crippen LogP contribution is 2.22. The molecular weight excluding hydrogens is 288 g/mol. The van der Waals surface area contributed by atoms with Gasteiger partial charge < -0.3 is 15.4 Å². The van der Waals surface area contributed by atoms with Gasteiger partial charge in [-0.05, 0) is 44.0 Å². The predicted octanol–water partition coefficient (Wildman–Crippen LogP) is 4.06. The first-order valence-corrected chi connectivity index (χ1v) is 7.75. The van der Waals surface area contributed by atoms with Crippen LogP contribution in [-0.4, -0.2) is 19.6 Å². The van der Waals surface area contributed by atoms with Crippen molar-refractivity contribution in [1.82, 2.24) is 0 Å². The lowest BCUT2D eigenvalue weighted by atomic mass is 10.1. The molecule has 0 aliphatic rings. The third kappa shape index (κ3) is 4.74. The minimum absolute atomic E-state index is 0.00968. The van der Waals surface area contributed by atoms with Gasteiger partial charge in [-0.15, -0.1) is 0 Å². The highest BCUT2D eigenvalue weighted by atomic mass is 16.5. The van der Waals surface area contributed by atoms with E-state index in [1.54, 1.807) is 7.11 Å². The summed E-state index contributed by atoms with van der Waals surface area (Å²) in [6.45, 7) is 6.67. The van der Waals surface area contributed by atoms with Crippen LogP contribution in [0, 0.1) is 20.8 Å². The summed E-state index contributed by atoms with van der Waals surface area (Å²) in [5.74, 6) is 0.806. The molecule has 2 aromatic rings. The molecule has 0 heterocycles. The molecule has 0 spiro atoms. The average Bonchev–Trinajstić information content (AvgIpc) is 2.51. The van der Waals surface area contributed by atoms with E-state index in [1.807, 2.05) is 38.1 Å². The Morgan fingerprint density at radius 1 is 1.09 bits per heavy atom. The van der Waals surface area contributed by atoms with E-state index >= 15 is 0 Å². The van der Waals surface area contributed by atoms with E-state index in [2.05, 4.69) is 29.7 Å². The zero-order chi connectivity index (χ0) is 16.8. The first-order valence-electron chi connectivity index (χ1n) is 7.75. The molecule has 0 aliphatic heterocycles. The first kappa shape index (κ1) is 16.9. The number of carbonyl (C=O) groups is 1. The van der Waals surface area contributed by atoms with Crippen LogP contribution in [0.5, 0.6) is 5.75 Å². The largest absolute Gasteiger partial charge is 0.497 e. The molecule has 0 fully saturated rings. The van der Waals surface area contributed by atoms with Crippen LogP contribution in [0.2, 0.25) is 0 Å². The van der Waals surface area contributed by atoms with Gasteiger partial charge in [-0.25, -0.2) is 0 Å². The Balaban J connectivity index is 1.88. The zero-order valence-corrected chi connectivity index (χ0v) is 14.2. The van der Waals surface area contributed by atoms with E-state index in [0.717, 1.165) is 28.3 Å². The van der Waals surface area contributed by atoms with E-state index in [1.165, 1.54) is 5.56 Å². The highest BCUT2D eigenvalue weighted by Gasteiger charge is 2.08. The summed E-state index contributed by atoms with van der Waals surface area (Å²) >= 11 is 0. The summed E-state index contributed by atoms with van der Waals surface area (Å²) in [5.41, 5.74) is 5.26.